The van der Waals surface area contributed by atoms with Gasteiger partial charge >= 0.3 is 0 Å². The first-order valence-corrected chi connectivity index (χ1v) is 6.60. The molecule has 0 bridgehead atoms. The first kappa shape index (κ1) is 13.4. The van der Waals surface area contributed by atoms with Gasteiger partial charge in [-0.25, -0.2) is 0 Å². The molecule has 1 saturated heterocycles. The Bertz CT molecular complexity index is 507. The van der Waals surface area contributed by atoms with Crippen molar-refractivity contribution in [2.45, 2.75) is 6.54 Å². The summed E-state index contributed by atoms with van der Waals surface area (Å²) in [5, 5.41) is 0.587. The van der Waals surface area contributed by atoms with E-state index in [9.17, 15) is 9.59 Å². The maximum Gasteiger partial charge on any atom is 0.242 e. The van der Waals surface area contributed by atoms with Crippen LogP contribution in [0.2, 0.25) is 5.02 Å². The minimum absolute atomic E-state index is 0.0529. The average Bonchev–Trinajstić information content (AvgIpc) is 2.29. The number of piperazine rings is 1. The third-order valence-corrected chi connectivity index (χ3v) is 3.70. The zero-order valence-electron chi connectivity index (χ0n) is 9.82. The summed E-state index contributed by atoms with van der Waals surface area (Å²) < 4.78 is 0.886. The fraction of sp³-hybridized carbons (Fsp3) is 0.333. The van der Waals surface area contributed by atoms with E-state index in [0.29, 0.717) is 11.6 Å². The number of hydrogen-bond acceptors (Lipinski definition) is 2. The van der Waals surface area contributed by atoms with Crippen LogP contribution in [0.25, 0.3) is 0 Å². The molecule has 1 fully saturated rings. The van der Waals surface area contributed by atoms with E-state index in [1.54, 1.807) is 13.1 Å². The molecule has 2 amide bonds. The van der Waals surface area contributed by atoms with Crippen LogP contribution in [0.15, 0.2) is 22.7 Å². The molecule has 18 heavy (non-hydrogen) atoms. The van der Waals surface area contributed by atoms with Crippen LogP contribution in [0.5, 0.6) is 0 Å². The van der Waals surface area contributed by atoms with Gasteiger partial charge in [-0.05, 0) is 17.7 Å². The normalized spacial score (nSPS) is 16.4. The van der Waals surface area contributed by atoms with Crippen molar-refractivity contribution in [2.75, 3.05) is 20.1 Å². The highest BCUT2D eigenvalue weighted by atomic mass is 79.9. The minimum Gasteiger partial charge on any atom is -0.335 e. The molecule has 1 aliphatic heterocycles. The first-order valence-electron chi connectivity index (χ1n) is 5.43. The van der Waals surface area contributed by atoms with E-state index in [-0.39, 0.29) is 24.9 Å². The van der Waals surface area contributed by atoms with Crippen molar-refractivity contribution in [1.29, 1.82) is 0 Å². The number of rotatable bonds is 2. The van der Waals surface area contributed by atoms with Gasteiger partial charge in [0, 0.05) is 23.1 Å². The molecule has 0 N–H and O–H groups in total. The van der Waals surface area contributed by atoms with Gasteiger partial charge < -0.3 is 9.80 Å². The largest absolute Gasteiger partial charge is 0.335 e. The molecule has 1 aliphatic rings. The Labute approximate surface area is 119 Å². The molecule has 6 heteroatoms. The van der Waals surface area contributed by atoms with Crippen molar-refractivity contribution in [3.63, 3.8) is 0 Å². The molecular formula is C12H12BrClN2O2. The van der Waals surface area contributed by atoms with Crippen molar-refractivity contribution in [2.24, 2.45) is 0 Å². The van der Waals surface area contributed by atoms with Gasteiger partial charge in [0.2, 0.25) is 11.8 Å². The number of amides is 2. The number of hydrogen-bond donors (Lipinski definition) is 0. The Morgan fingerprint density at radius 3 is 2.67 bits per heavy atom. The number of halogens is 2. The topological polar surface area (TPSA) is 40.6 Å². The lowest BCUT2D eigenvalue weighted by molar-refractivity contribution is -0.149. The number of carbonyl (C=O) groups excluding carboxylic acids is 2. The van der Waals surface area contributed by atoms with Crippen LogP contribution in [0.4, 0.5) is 0 Å². The molecule has 1 aromatic carbocycles. The van der Waals surface area contributed by atoms with Gasteiger partial charge in [-0.2, -0.15) is 0 Å². The van der Waals surface area contributed by atoms with Crippen LogP contribution in [-0.4, -0.2) is 41.8 Å². The smallest absolute Gasteiger partial charge is 0.242 e. The van der Waals surface area contributed by atoms with Crippen molar-refractivity contribution in [1.82, 2.24) is 9.80 Å². The highest BCUT2D eigenvalue weighted by Crippen LogP contribution is 2.23. The van der Waals surface area contributed by atoms with E-state index < -0.39 is 0 Å². The molecule has 1 aromatic rings. The zero-order chi connectivity index (χ0) is 13.3. The molecule has 0 saturated carbocycles. The highest BCUT2D eigenvalue weighted by Gasteiger charge is 2.27. The Morgan fingerprint density at radius 1 is 1.28 bits per heavy atom. The van der Waals surface area contributed by atoms with E-state index in [2.05, 4.69) is 15.9 Å². The van der Waals surface area contributed by atoms with Crippen LogP contribution in [0.3, 0.4) is 0 Å². The summed E-state index contributed by atoms with van der Waals surface area (Å²) in [5.41, 5.74) is 0.838. The lowest BCUT2D eigenvalue weighted by atomic mass is 10.2. The van der Waals surface area contributed by atoms with E-state index >= 15 is 0 Å². The predicted molar refractivity (Wildman–Crippen MR) is 72.2 cm³/mol. The third kappa shape index (κ3) is 2.84. The average molecular weight is 332 g/mol. The van der Waals surface area contributed by atoms with Crippen molar-refractivity contribution < 1.29 is 9.59 Å². The number of benzene rings is 1. The maximum absolute atomic E-state index is 11.8. The van der Waals surface area contributed by atoms with Gasteiger partial charge in [-0.3, -0.25) is 9.59 Å². The summed E-state index contributed by atoms with van der Waals surface area (Å²) in [6.45, 7) is 0.610. The molecule has 4 nitrogen and oxygen atoms in total. The van der Waals surface area contributed by atoms with E-state index in [4.69, 9.17) is 11.6 Å². The van der Waals surface area contributed by atoms with Gasteiger partial charge in [0.1, 0.15) is 6.54 Å². The van der Waals surface area contributed by atoms with Gasteiger partial charge in [-0.1, -0.05) is 33.6 Å². The lowest BCUT2D eigenvalue weighted by Crippen LogP contribution is -2.51. The fourth-order valence-electron chi connectivity index (χ4n) is 1.76. The molecule has 0 unspecified atom stereocenters. The molecule has 0 aromatic heterocycles. The van der Waals surface area contributed by atoms with Crippen LogP contribution in [0, 0.1) is 0 Å². The fourth-order valence-corrected chi connectivity index (χ4v) is 2.50. The molecule has 1 heterocycles. The summed E-state index contributed by atoms with van der Waals surface area (Å²) in [7, 11) is 1.63. The lowest BCUT2D eigenvalue weighted by Gasteiger charge is -2.31. The van der Waals surface area contributed by atoms with Crippen LogP contribution in [0.1, 0.15) is 5.56 Å². The first-order chi connectivity index (χ1) is 8.47. The number of likely N-dealkylation sites (N-methyl/N-ethyl adjacent to an activating group) is 1. The molecule has 0 radical (unpaired) electrons. The summed E-state index contributed by atoms with van der Waals surface area (Å²) >= 11 is 9.42. The third-order valence-electron chi connectivity index (χ3n) is 2.85. The number of carbonyl (C=O) groups is 2. The second kappa shape index (κ2) is 5.28. The van der Waals surface area contributed by atoms with Gasteiger partial charge in [-0.15, -0.1) is 0 Å². The standard InChI is InChI=1S/C12H12BrClN2O2/c1-15-6-12(18)16(7-11(15)17)5-8-2-3-9(13)4-10(8)14/h2-4H,5-7H2,1H3. The molecule has 96 valence electrons. The van der Waals surface area contributed by atoms with Gasteiger partial charge in [0.05, 0.1) is 6.54 Å². The van der Waals surface area contributed by atoms with E-state index in [1.807, 2.05) is 12.1 Å². The summed E-state index contributed by atoms with van der Waals surface area (Å²) in [6, 6.07) is 5.49. The van der Waals surface area contributed by atoms with Gasteiger partial charge in [0.15, 0.2) is 0 Å². The summed E-state index contributed by atoms with van der Waals surface area (Å²) in [6.07, 6.45) is 0. The number of nitrogens with zero attached hydrogens (tertiary/aromatic N) is 2. The van der Waals surface area contributed by atoms with Crippen molar-refractivity contribution >= 4 is 39.3 Å². The van der Waals surface area contributed by atoms with Crippen LogP contribution < -0.4 is 0 Å². The monoisotopic (exact) mass is 330 g/mol. The Kier molecular flexibility index (Phi) is 3.92. The van der Waals surface area contributed by atoms with Gasteiger partial charge in [0.25, 0.3) is 0 Å². The minimum atomic E-state index is -0.0592. The van der Waals surface area contributed by atoms with E-state index in [1.165, 1.54) is 9.80 Å². The molecule has 2 rings (SSSR count). The van der Waals surface area contributed by atoms with E-state index in [0.717, 1.165) is 10.0 Å². The van der Waals surface area contributed by atoms with Crippen LogP contribution >= 0.6 is 27.5 Å². The molecule has 0 atom stereocenters. The van der Waals surface area contributed by atoms with Crippen molar-refractivity contribution in [3.05, 3.63) is 33.3 Å². The molecule has 0 spiro atoms. The zero-order valence-corrected chi connectivity index (χ0v) is 12.2. The molecular weight excluding hydrogens is 320 g/mol. The Balaban J connectivity index is 2.13. The Hall–Kier alpha value is -1.07. The second-order valence-electron chi connectivity index (χ2n) is 4.24. The highest BCUT2D eigenvalue weighted by molar-refractivity contribution is 9.10. The van der Waals surface area contributed by atoms with Crippen LogP contribution in [-0.2, 0) is 16.1 Å². The summed E-state index contributed by atoms with van der Waals surface area (Å²) in [4.78, 5) is 26.3. The summed E-state index contributed by atoms with van der Waals surface area (Å²) in [5.74, 6) is -0.112. The second-order valence-corrected chi connectivity index (χ2v) is 5.56. The SMILES string of the molecule is CN1CC(=O)N(Cc2ccc(Br)cc2Cl)CC1=O. The van der Waals surface area contributed by atoms with Crippen molar-refractivity contribution in [3.8, 4) is 0 Å². The predicted octanol–water partition coefficient (Wildman–Crippen LogP) is 1.90. The quantitative estimate of drug-likeness (QED) is 0.830. The maximum atomic E-state index is 11.8. The molecule has 0 aliphatic carbocycles. The Morgan fingerprint density at radius 2 is 2.00 bits per heavy atom.